The molecule has 1 N–H and O–H groups in total. The van der Waals surface area contributed by atoms with E-state index in [0.29, 0.717) is 12.7 Å². The van der Waals surface area contributed by atoms with Gasteiger partial charge in [0.15, 0.2) is 5.78 Å². The normalized spacial score (nSPS) is 12.9. The van der Waals surface area contributed by atoms with Gasteiger partial charge in [0.25, 0.3) is 0 Å². The van der Waals surface area contributed by atoms with Crippen LogP contribution in [-0.4, -0.2) is 23.3 Å². The van der Waals surface area contributed by atoms with Crippen LogP contribution in [0.2, 0.25) is 0 Å². The molecule has 0 aromatic heterocycles. The molecule has 0 spiro atoms. The monoisotopic (exact) mass is 368 g/mol. The van der Waals surface area contributed by atoms with Crippen molar-refractivity contribution in [2.24, 2.45) is 5.41 Å². The number of hydrogen-bond acceptors (Lipinski definition) is 3. The van der Waals surface area contributed by atoms with Crippen molar-refractivity contribution < 1.29 is 14.7 Å². The highest BCUT2D eigenvalue weighted by Gasteiger charge is 2.31. The predicted octanol–water partition coefficient (Wildman–Crippen LogP) is 6.40. The minimum atomic E-state index is -1.06. The van der Waals surface area contributed by atoms with Crippen LogP contribution in [-0.2, 0) is 9.59 Å². The van der Waals surface area contributed by atoms with Crippen LogP contribution in [0.1, 0.15) is 124 Å². The van der Waals surface area contributed by atoms with Crippen molar-refractivity contribution in [3.05, 3.63) is 0 Å². The summed E-state index contributed by atoms with van der Waals surface area (Å²) in [5.41, 5.74) is -1.06. The average Bonchev–Trinajstić information content (AvgIpc) is 2.64. The molecule has 0 aliphatic heterocycles. The Labute approximate surface area is 162 Å². The molecule has 0 saturated carbocycles. The van der Waals surface area contributed by atoms with Crippen LogP contribution < -0.4 is 0 Å². The molecule has 1 atom stereocenters. The van der Waals surface area contributed by atoms with Crippen LogP contribution >= 0.6 is 0 Å². The molecule has 0 radical (unpaired) electrons. The van der Waals surface area contributed by atoms with E-state index < -0.39 is 11.5 Å². The first-order chi connectivity index (χ1) is 12.5. The van der Waals surface area contributed by atoms with Crippen LogP contribution in [0.5, 0.6) is 0 Å². The third kappa shape index (κ3) is 13.5. The van der Waals surface area contributed by atoms with E-state index in [9.17, 15) is 14.7 Å². The maximum atomic E-state index is 11.9. The van der Waals surface area contributed by atoms with Crippen molar-refractivity contribution in [2.75, 3.05) is 0 Å². The zero-order valence-electron chi connectivity index (χ0n) is 17.7. The van der Waals surface area contributed by atoms with Crippen LogP contribution in [0.25, 0.3) is 0 Å². The van der Waals surface area contributed by atoms with Crippen molar-refractivity contribution in [3.63, 3.8) is 0 Å². The number of rotatable bonds is 19. The molecule has 0 heterocycles. The minimum absolute atomic E-state index is 0.349. The highest BCUT2D eigenvalue weighted by Crippen LogP contribution is 2.19. The second-order valence-corrected chi connectivity index (χ2v) is 8.46. The molecular formula is C23H44O3. The standard InChI is InChI=1S/C23H44O3/c1-4-5-6-7-8-9-10-11-12-13-14-15-16-17-18-19-21(25)22(26)23(2,3)20-24/h20-21,25H,4-19H2,1-3H3. The minimum Gasteiger partial charge on any atom is -0.385 e. The van der Waals surface area contributed by atoms with Gasteiger partial charge in [0.05, 0.1) is 5.41 Å². The molecule has 0 bridgehead atoms. The summed E-state index contributed by atoms with van der Waals surface area (Å²) < 4.78 is 0. The van der Waals surface area contributed by atoms with Crippen LogP contribution in [0.3, 0.4) is 0 Å². The number of carbonyl (C=O) groups excluding carboxylic acids is 2. The van der Waals surface area contributed by atoms with Gasteiger partial charge >= 0.3 is 0 Å². The molecule has 26 heavy (non-hydrogen) atoms. The summed E-state index contributed by atoms with van der Waals surface area (Å²) in [5, 5.41) is 9.88. The van der Waals surface area contributed by atoms with Crippen molar-refractivity contribution in [3.8, 4) is 0 Å². The highest BCUT2D eigenvalue weighted by molar-refractivity contribution is 5.99. The number of aliphatic hydroxyl groups is 1. The Bertz CT molecular complexity index is 349. The van der Waals surface area contributed by atoms with Gasteiger partial charge in [-0.15, -0.1) is 0 Å². The van der Waals surface area contributed by atoms with Crippen molar-refractivity contribution in [1.82, 2.24) is 0 Å². The molecule has 0 amide bonds. The predicted molar refractivity (Wildman–Crippen MR) is 110 cm³/mol. The second kappa shape index (κ2) is 16.5. The molecule has 0 saturated heterocycles. The summed E-state index contributed by atoms with van der Waals surface area (Å²) >= 11 is 0. The van der Waals surface area contributed by atoms with E-state index in [-0.39, 0.29) is 5.78 Å². The van der Waals surface area contributed by atoms with E-state index in [0.717, 1.165) is 12.8 Å². The molecule has 0 aliphatic rings. The van der Waals surface area contributed by atoms with Gasteiger partial charge in [-0.3, -0.25) is 4.79 Å². The van der Waals surface area contributed by atoms with Crippen LogP contribution in [0, 0.1) is 5.41 Å². The summed E-state index contributed by atoms with van der Waals surface area (Å²) in [6, 6.07) is 0. The second-order valence-electron chi connectivity index (χ2n) is 8.46. The summed E-state index contributed by atoms with van der Waals surface area (Å²) in [7, 11) is 0. The first-order valence-electron chi connectivity index (χ1n) is 11.1. The quantitative estimate of drug-likeness (QED) is 0.163. The number of aldehydes is 1. The fourth-order valence-corrected chi connectivity index (χ4v) is 3.33. The lowest BCUT2D eigenvalue weighted by Crippen LogP contribution is -2.35. The molecule has 0 aliphatic carbocycles. The molecule has 3 nitrogen and oxygen atoms in total. The zero-order chi connectivity index (χ0) is 19.7. The van der Waals surface area contributed by atoms with E-state index in [1.54, 1.807) is 13.8 Å². The molecular weight excluding hydrogens is 324 g/mol. The van der Waals surface area contributed by atoms with Crippen LogP contribution in [0.15, 0.2) is 0 Å². The Kier molecular flexibility index (Phi) is 16.0. The summed E-state index contributed by atoms with van der Waals surface area (Å²) in [6.07, 6.45) is 19.6. The van der Waals surface area contributed by atoms with Crippen LogP contribution in [0.4, 0.5) is 0 Å². The average molecular weight is 369 g/mol. The molecule has 3 heteroatoms. The third-order valence-electron chi connectivity index (χ3n) is 5.31. The number of aliphatic hydroxyl groups excluding tert-OH is 1. The van der Waals surface area contributed by atoms with Gasteiger partial charge in [-0.1, -0.05) is 103 Å². The van der Waals surface area contributed by atoms with E-state index in [4.69, 9.17) is 0 Å². The van der Waals surface area contributed by atoms with E-state index in [1.807, 2.05) is 0 Å². The Hall–Kier alpha value is -0.700. The van der Waals surface area contributed by atoms with Crippen molar-refractivity contribution >= 4 is 12.1 Å². The number of Topliss-reactive ketones (excluding diaryl/α,β-unsaturated/α-hetero) is 1. The third-order valence-corrected chi connectivity index (χ3v) is 5.31. The van der Waals surface area contributed by atoms with E-state index in [1.165, 1.54) is 83.5 Å². The van der Waals surface area contributed by atoms with E-state index in [2.05, 4.69) is 6.92 Å². The summed E-state index contributed by atoms with van der Waals surface area (Å²) in [6.45, 7) is 5.40. The van der Waals surface area contributed by atoms with Crippen molar-refractivity contribution in [2.45, 2.75) is 130 Å². The molecule has 0 aromatic carbocycles. The summed E-state index contributed by atoms with van der Waals surface area (Å²) in [5.74, 6) is -0.349. The highest BCUT2D eigenvalue weighted by atomic mass is 16.3. The lowest BCUT2D eigenvalue weighted by atomic mass is 9.85. The largest absolute Gasteiger partial charge is 0.385 e. The molecule has 0 rings (SSSR count). The molecule has 0 fully saturated rings. The Morgan fingerprint density at radius 3 is 1.46 bits per heavy atom. The van der Waals surface area contributed by atoms with Gasteiger partial charge in [0, 0.05) is 0 Å². The fourth-order valence-electron chi connectivity index (χ4n) is 3.33. The Morgan fingerprint density at radius 1 is 0.769 bits per heavy atom. The Morgan fingerprint density at radius 2 is 1.12 bits per heavy atom. The Balaban J connectivity index is 3.34. The van der Waals surface area contributed by atoms with E-state index >= 15 is 0 Å². The van der Waals surface area contributed by atoms with Gasteiger partial charge in [-0.2, -0.15) is 0 Å². The smallest absolute Gasteiger partial charge is 0.173 e. The zero-order valence-corrected chi connectivity index (χ0v) is 17.7. The van der Waals surface area contributed by atoms with Gasteiger partial charge in [0.2, 0.25) is 0 Å². The maximum absolute atomic E-state index is 11.9. The fraction of sp³-hybridized carbons (Fsp3) is 0.913. The lowest BCUT2D eigenvalue weighted by Gasteiger charge is -2.19. The number of carbonyl (C=O) groups is 2. The SMILES string of the molecule is CCCCCCCCCCCCCCCCCC(O)C(=O)C(C)(C)C=O. The van der Waals surface area contributed by atoms with Gasteiger partial charge in [0.1, 0.15) is 12.4 Å². The molecule has 154 valence electrons. The summed E-state index contributed by atoms with van der Waals surface area (Å²) in [4.78, 5) is 22.7. The van der Waals surface area contributed by atoms with Gasteiger partial charge in [-0.05, 0) is 20.3 Å². The first kappa shape index (κ1) is 25.3. The van der Waals surface area contributed by atoms with Gasteiger partial charge < -0.3 is 9.90 Å². The number of hydrogen-bond donors (Lipinski definition) is 1. The number of unbranched alkanes of at least 4 members (excludes halogenated alkanes) is 14. The topological polar surface area (TPSA) is 54.4 Å². The molecule has 1 unspecified atom stereocenters. The first-order valence-corrected chi connectivity index (χ1v) is 11.1. The number of ketones is 1. The van der Waals surface area contributed by atoms with Gasteiger partial charge in [-0.25, -0.2) is 0 Å². The maximum Gasteiger partial charge on any atom is 0.173 e. The van der Waals surface area contributed by atoms with Crippen molar-refractivity contribution in [1.29, 1.82) is 0 Å². The molecule has 0 aromatic rings. The lowest BCUT2D eigenvalue weighted by molar-refractivity contribution is -0.139.